The first-order valence-corrected chi connectivity index (χ1v) is 22.8. The fraction of sp³-hybridized carbons (Fsp3) is 0.550. The lowest BCUT2D eigenvalue weighted by atomic mass is 10.1. The van der Waals surface area contributed by atoms with Gasteiger partial charge in [-0.2, -0.15) is 0 Å². The van der Waals surface area contributed by atoms with Crippen LogP contribution in [0.5, 0.6) is 0 Å². The molecule has 2 saturated heterocycles. The van der Waals surface area contributed by atoms with Crippen LogP contribution in [-0.2, 0) is 20.9 Å². The molecule has 4 aromatic rings. The Hall–Kier alpha value is -4.56. The van der Waals surface area contributed by atoms with Crippen LogP contribution in [0.3, 0.4) is 0 Å². The third-order valence-electron chi connectivity index (χ3n) is 9.48. The summed E-state index contributed by atoms with van der Waals surface area (Å²) in [5.41, 5.74) is 3.81. The molecule has 0 spiro atoms. The standard InChI is InChI=1S/C40H56N8O5Si/c1-39(2,3)52-37(49)46-18-10-12-32(46)35-43-23-30(45-35)28-16-14-27(15-17-28)29-22-42-31(24-41-29)34-25-44-36(48(34)26-51-20-21-54(7,8)9)33-13-11-19-47(33)38(50)53-40(4,5)6/h14-17,22-25,32-33H,10-13,18-21,26H2,1-9H3,(H,43,45)/t32?,33-/m0/s1. The molecular weight excluding hydrogens is 701 g/mol. The normalized spacial score (nSPS) is 18.0. The maximum Gasteiger partial charge on any atom is 0.410 e. The summed E-state index contributed by atoms with van der Waals surface area (Å²) in [7, 11) is -1.29. The highest BCUT2D eigenvalue weighted by Gasteiger charge is 2.37. The van der Waals surface area contributed by atoms with Gasteiger partial charge in [0.05, 0.1) is 54.0 Å². The first kappa shape index (κ1) is 39.1. The van der Waals surface area contributed by atoms with Crippen LogP contribution in [0.2, 0.25) is 25.7 Å². The Balaban J connectivity index is 1.18. The summed E-state index contributed by atoms with van der Waals surface area (Å²) in [6.07, 6.45) is 9.90. The molecule has 0 saturated carbocycles. The summed E-state index contributed by atoms with van der Waals surface area (Å²) < 4.78 is 19.7. The molecule has 290 valence electrons. The van der Waals surface area contributed by atoms with Crippen molar-refractivity contribution in [2.24, 2.45) is 0 Å². The van der Waals surface area contributed by atoms with Crippen LogP contribution >= 0.6 is 0 Å². The minimum atomic E-state index is -1.29. The van der Waals surface area contributed by atoms with Crippen molar-refractivity contribution in [3.63, 3.8) is 0 Å². The van der Waals surface area contributed by atoms with Crippen molar-refractivity contribution in [3.8, 4) is 33.9 Å². The van der Waals surface area contributed by atoms with E-state index in [-0.39, 0.29) is 24.3 Å². The van der Waals surface area contributed by atoms with Crippen LogP contribution in [0.1, 0.15) is 91.0 Å². The topological polar surface area (TPSA) is 141 Å². The Kier molecular flexibility index (Phi) is 11.3. The van der Waals surface area contributed by atoms with Crippen molar-refractivity contribution in [2.45, 2.75) is 123 Å². The molecule has 0 radical (unpaired) electrons. The van der Waals surface area contributed by atoms with Gasteiger partial charge in [-0.1, -0.05) is 43.9 Å². The van der Waals surface area contributed by atoms with Crippen LogP contribution < -0.4 is 0 Å². The highest BCUT2D eigenvalue weighted by Crippen LogP contribution is 2.36. The molecule has 0 bridgehead atoms. The van der Waals surface area contributed by atoms with Gasteiger partial charge >= 0.3 is 12.2 Å². The first-order valence-electron chi connectivity index (χ1n) is 19.1. The molecule has 1 aromatic carbocycles. The number of rotatable bonds is 10. The Morgan fingerprint density at radius 2 is 1.33 bits per heavy atom. The fourth-order valence-electron chi connectivity index (χ4n) is 6.78. The van der Waals surface area contributed by atoms with Gasteiger partial charge in [0.2, 0.25) is 0 Å². The number of aromatic amines is 1. The number of nitrogens with one attached hydrogen (secondary N) is 1. The number of hydrogen-bond acceptors (Lipinski definition) is 9. The lowest BCUT2D eigenvalue weighted by Crippen LogP contribution is -2.37. The van der Waals surface area contributed by atoms with Crippen LogP contribution in [-0.4, -0.2) is 90.4 Å². The maximum absolute atomic E-state index is 13.2. The quantitative estimate of drug-likeness (QED) is 0.124. The molecule has 6 rings (SSSR count). The van der Waals surface area contributed by atoms with E-state index in [4.69, 9.17) is 29.2 Å². The average Bonchev–Trinajstić information content (AvgIpc) is 3.91. The second-order valence-corrected chi connectivity index (χ2v) is 23.1. The van der Waals surface area contributed by atoms with Crippen molar-refractivity contribution >= 4 is 20.3 Å². The first-order chi connectivity index (χ1) is 25.5. The predicted octanol–water partition coefficient (Wildman–Crippen LogP) is 8.85. The summed E-state index contributed by atoms with van der Waals surface area (Å²) in [4.78, 5) is 52.2. The van der Waals surface area contributed by atoms with E-state index in [9.17, 15) is 9.59 Å². The van der Waals surface area contributed by atoms with E-state index in [1.54, 1.807) is 28.4 Å². The Labute approximate surface area is 319 Å². The third kappa shape index (κ3) is 9.56. The van der Waals surface area contributed by atoms with E-state index < -0.39 is 19.3 Å². The number of carbonyl (C=O) groups is 2. The molecule has 0 aliphatic carbocycles. The van der Waals surface area contributed by atoms with Gasteiger partial charge in [-0.05, 0) is 78.8 Å². The Morgan fingerprint density at radius 3 is 1.93 bits per heavy atom. The van der Waals surface area contributed by atoms with E-state index >= 15 is 0 Å². The van der Waals surface area contributed by atoms with Gasteiger partial charge in [-0.15, -0.1) is 0 Å². The van der Waals surface area contributed by atoms with Crippen LogP contribution in [0.25, 0.3) is 33.9 Å². The number of amides is 2. The highest BCUT2D eigenvalue weighted by atomic mass is 28.3. The summed E-state index contributed by atoms with van der Waals surface area (Å²) in [5, 5.41) is 0. The highest BCUT2D eigenvalue weighted by molar-refractivity contribution is 6.76. The zero-order chi connectivity index (χ0) is 38.8. The Bertz CT molecular complexity index is 1900. The second-order valence-electron chi connectivity index (χ2n) is 17.5. The molecule has 2 amide bonds. The number of carbonyl (C=O) groups excluding carboxylic acids is 2. The lowest BCUT2D eigenvalue weighted by Gasteiger charge is -2.29. The molecular formula is C40H56N8O5Si. The minimum Gasteiger partial charge on any atom is -0.444 e. The largest absolute Gasteiger partial charge is 0.444 e. The molecule has 3 aromatic heterocycles. The summed E-state index contributed by atoms with van der Waals surface area (Å²) in [6, 6.07) is 8.76. The number of ether oxygens (including phenoxy) is 3. The lowest BCUT2D eigenvalue weighted by molar-refractivity contribution is 0.0199. The van der Waals surface area contributed by atoms with E-state index in [0.29, 0.717) is 32.1 Å². The number of H-pyrrole nitrogens is 1. The maximum atomic E-state index is 13.2. The smallest absolute Gasteiger partial charge is 0.410 e. The van der Waals surface area contributed by atoms with Crippen molar-refractivity contribution in [3.05, 3.63) is 60.7 Å². The van der Waals surface area contributed by atoms with Crippen molar-refractivity contribution in [2.75, 3.05) is 19.7 Å². The molecule has 1 N–H and O–H groups in total. The average molecular weight is 757 g/mol. The molecule has 5 heterocycles. The molecule has 2 aliphatic heterocycles. The summed E-state index contributed by atoms with van der Waals surface area (Å²) in [5.74, 6) is 1.52. The number of aromatic nitrogens is 6. The van der Waals surface area contributed by atoms with Crippen LogP contribution in [0.15, 0.2) is 49.1 Å². The van der Waals surface area contributed by atoms with E-state index in [2.05, 4.69) is 29.6 Å². The molecule has 1 unspecified atom stereocenters. The number of hydrogen-bond donors (Lipinski definition) is 1. The van der Waals surface area contributed by atoms with Gasteiger partial charge in [-0.3, -0.25) is 19.8 Å². The van der Waals surface area contributed by atoms with Gasteiger partial charge < -0.3 is 23.8 Å². The second kappa shape index (κ2) is 15.7. The number of nitrogens with zero attached hydrogens (tertiary/aromatic N) is 7. The van der Waals surface area contributed by atoms with E-state index in [0.717, 1.165) is 71.6 Å². The van der Waals surface area contributed by atoms with Crippen LogP contribution in [0, 0.1) is 0 Å². The zero-order valence-corrected chi connectivity index (χ0v) is 34.3. The number of likely N-dealkylation sites (tertiary alicyclic amines) is 2. The van der Waals surface area contributed by atoms with Crippen molar-refractivity contribution in [1.82, 2.24) is 39.3 Å². The fourth-order valence-corrected chi connectivity index (χ4v) is 7.53. The number of benzene rings is 1. The van der Waals surface area contributed by atoms with Crippen molar-refractivity contribution in [1.29, 1.82) is 0 Å². The molecule has 14 heteroatoms. The summed E-state index contributed by atoms with van der Waals surface area (Å²) >= 11 is 0. The molecule has 2 atom stereocenters. The van der Waals surface area contributed by atoms with Gasteiger partial charge in [0.1, 0.15) is 35.3 Å². The van der Waals surface area contributed by atoms with Crippen molar-refractivity contribution < 1.29 is 23.8 Å². The Morgan fingerprint density at radius 1 is 0.759 bits per heavy atom. The number of imidazole rings is 2. The SMILES string of the molecule is CC(C)(C)OC(=O)N1CCCC1c1ncc(-c2ccc(-c3cnc(-c4cnc([C@@H]5CCCN5C(=O)OC(C)(C)C)n4COCC[Si](C)(C)C)cn3)cc2)[nH]1. The van der Waals surface area contributed by atoms with Crippen LogP contribution in [0.4, 0.5) is 9.59 Å². The summed E-state index contributed by atoms with van der Waals surface area (Å²) in [6.45, 7) is 20.5. The molecule has 2 aliphatic rings. The van der Waals surface area contributed by atoms with Gasteiger partial charge in [-0.25, -0.2) is 19.6 Å². The predicted molar refractivity (Wildman–Crippen MR) is 210 cm³/mol. The zero-order valence-electron chi connectivity index (χ0n) is 33.3. The van der Waals surface area contributed by atoms with Gasteiger partial charge in [0, 0.05) is 33.3 Å². The van der Waals surface area contributed by atoms with E-state index in [1.165, 1.54) is 0 Å². The molecule has 13 nitrogen and oxygen atoms in total. The minimum absolute atomic E-state index is 0.146. The molecule has 54 heavy (non-hydrogen) atoms. The van der Waals surface area contributed by atoms with Gasteiger partial charge in [0.15, 0.2) is 0 Å². The molecule has 2 fully saturated rings. The van der Waals surface area contributed by atoms with Gasteiger partial charge in [0.25, 0.3) is 0 Å². The monoisotopic (exact) mass is 756 g/mol. The third-order valence-corrected chi connectivity index (χ3v) is 11.2. The van der Waals surface area contributed by atoms with E-state index in [1.807, 2.05) is 76.6 Å².